The zero-order valence-corrected chi connectivity index (χ0v) is 8.81. The van der Waals surface area contributed by atoms with Gasteiger partial charge >= 0.3 is 5.97 Å². The maximum atomic E-state index is 11.4. The molecule has 0 aromatic carbocycles. The number of aromatic nitrogens is 2. The molecule has 0 aliphatic rings. The molecule has 0 amide bonds. The van der Waals surface area contributed by atoms with E-state index in [1.165, 1.54) is 0 Å². The molecule has 1 rings (SSSR count). The largest absolute Gasteiger partial charge is 0.480 e. The summed E-state index contributed by atoms with van der Waals surface area (Å²) in [6.45, 7) is -0.778. The Bertz CT molecular complexity index is 527. The van der Waals surface area contributed by atoms with Crippen molar-refractivity contribution in [3.63, 3.8) is 0 Å². The van der Waals surface area contributed by atoms with E-state index in [2.05, 4.69) is 5.10 Å². The third kappa shape index (κ3) is 3.04. The Balaban J connectivity index is 2.85. The molecule has 9 heteroatoms. The highest BCUT2D eigenvalue weighted by atomic mass is 32.2. The van der Waals surface area contributed by atoms with Crippen LogP contribution in [0.4, 0.5) is 0 Å². The van der Waals surface area contributed by atoms with Gasteiger partial charge in [0.1, 0.15) is 11.4 Å². The molecule has 0 atom stereocenters. The number of carboxylic acid groups (broad SMARTS) is 1. The van der Waals surface area contributed by atoms with Crippen molar-refractivity contribution in [2.24, 2.45) is 0 Å². The summed E-state index contributed by atoms with van der Waals surface area (Å²) in [5, 5.41) is 20.2. The van der Waals surface area contributed by atoms with Gasteiger partial charge in [-0.3, -0.25) is 9.48 Å². The van der Waals surface area contributed by atoms with Crippen molar-refractivity contribution in [2.75, 3.05) is 6.54 Å². The van der Waals surface area contributed by atoms with Gasteiger partial charge < -0.3 is 5.11 Å². The van der Waals surface area contributed by atoms with Crippen LogP contribution >= 0.6 is 0 Å². The number of carbonyl (C=O) groups is 1. The van der Waals surface area contributed by atoms with Gasteiger partial charge in [0.2, 0.25) is 10.0 Å². The Kier molecular flexibility index (Phi) is 3.60. The van der Waals surface area contributed by atoms with Gasteiger partial charge in [-0.1, -0.05) is 0 Å². The smallest absolute Gasteiger partial charge is 0.325 e. The van der Waals surface area contributed by atoms with Gasteiger partial charge in [-0.25, -0.2) is 8.42 Å². The third-order valence-corrected chi connectivity index (χ3v) is 2.91. The van der Waals surface area contributed by atoms with E-state index < -0.39 is 22.5 Å². The lowest BCUT2D eigenvalue weighted by Crippen LogP contribution is -2.23. The second-order valence-electron chi connectivity index (χ2n) is 2.75. The molecule has 0 bridgehead atoms. The average molecular weight is 244 g/mol. The summed E-state index contributed by atoms with van der Waals surface area (Å²) < 4.78 is 25.8. The molecule has 0 unspecified atom stereocenters. The number of nitrogens with zero attached hydrogens (tertiary/aromatic N) is 3. The van der Waals surface area contributed by atoms with Crippen molar-refractivity contribution in [1.29, 1.82) is 5.26 Å². The summed E-state index contributed by atoms with van der Waals surface area (Å²) in [6, 6.07) is 1.62. The topological polar surface area (TPSA) is 125 Å². The number of hydrogen-bond donors (Lipinski definition) is 2. The van der Waals surface area contributed by atoms with Gasteiger partial charge in [-0.05, 0) is 0 Å². The van der Waals surface area contributed by atoms with Crippen LogP contribution in [0.15, 0.2) is 17.3 Å². The lowest BCUT2D eigenvalue weighted by Gasteiger charge is -1.98. The zero-order chi connectivity index (χ0) is 12.2. The van der Waals surface area contributed by atoms with Crippen molar-refractivity contribution in [2.45, 2.75) is 11.4 Å². The van der Waals surface area contributed by atoms with Crippen LogP contribution in [0.5, 0.6) is 0 Å². The van der Waals surface area contributed by atoms with Gasteiger partial charge in [0.05, 0.1) is 18.8 Å². The second-order valence-corrected chi connectivity index (χ2v) is 4.52. The second kappa shape index (κ2) is 4.73. The fourth-order valence-corrected chi connectivity index (χ4v) is 1.79. The first kappa shape index (κ1) is 12.2. The van der Waals surface area contributed by atoms with Crippen LogP contribution in [0.1, 0.15) is 0 Å². The minimum Gasteiger partial charge on any atom is -0.480 e. The number of carboxylic acids is 1. The fourth-order valence-electron chi connectivity index (χ4n) is 0.919. The molecular formula is C7H8N4O4S. The van der Waals surface area contributed by atoms with Gasteiger partial charge in [-0.15, -0.1) is 0 Å². The van der Waals surface area contributed by atoms with Crippen LogP contribution < -0.4 is 4.72 Å². The Morgan fingerprint density at radius 1 is 1.69 bits per heavy atom. The summed E-state index contributed by atoms with van der Waals surface area (Å²) in [6.07, 6.45) is 2.09. The molecule has 1 aromatic rings. The summed E-state index contributed by atoms with van der Waals surface area (Å²) in [7, 11) is -3.79. The maximum Gasteiger partial charge on any atom is 0.325 e. The summed E-state index contributed by atoms with van der Waals surface area (Å²) in [4.78, 5) is 10.2. The summed E-state index contributed by atoms with van der Waals surface area (Å²) in [5.41, 5.74) is 0. The molecule has 0 spiro atoms. The van der Waals surface area contributed by atoms with Crippen molar-refractivity contribution < 1.29 is 18.3 Å². The highest BCUT2D eigenvalue weighted by molar-refractivity contribution is 7.89. The Morgan fingerprint density at radius 2 is 2.38 bits per heavy atom. The molecule has 0 radical (unpaired) electrons. The van der Waals surface area contributed by atoms with E-state index in [0.29, 0.717) is 0 Å². The van der Waals surface area contributed by atoms with E-state index in [4.69, 9.17) is 10.4 Å². The van der Waals surface area contributed by atoms with Crippen LogP contribution in [0.2, 0.25) is 0 Å². The molecule has 0 aliphatic carbocycles. The van der Waals surface area contributed by atoms with E-state index >= 15 is 0 Å². The molecule has 1 heterocycles. The highest BCUT2D eigenvalue weighted by Crippen LogP contribution is 2.06. The SMILES string of the molecule is N#CCNS(=O)(=O)c1cnn(CC(=O)O)c1. The minimum absolute atomic E-state index is 0.177. The Hall–Kier alpha value is -1.92. The lowest BCUT2D eigenvalue weighted by atomic mass is 10.6. The highest BCUT2D eigenvalue weighted by Gasteiger charge is 2.16. The molecule has 86 valence electrons. The van der Waals surface area contributed by atoms with E-state index in [0.717, 1.165) is 17.1 Å². The maximum absolute atomic E-state index is 11.4. The van der Waals surface area contributed by atoms with Crippen molar-refractivity contribution >= 4 is 16.0 Å². The summed E-state index contributed by atoms with van der Waals surface area (Å²) >= 11 is 0. The number of hydrogen-bond acceptors (Lipinski definition) is 5. The van der Waals surface area contributed by atoms with Gasteiger partial charge in [0.15, 0.2) is 0 Å². The molecule has 0 saturated carbocycles. The van der Waals surface area contributed by atoms with Crippen LogP contribution in [0, 0.1) is 11.3 Å². The van der Waals surface area contributed by atoms with E-state index in [1.807, 2.05) is 4.72 Å². The quantitative estimate of drug-likeness (QED) is 0.624. The standard InChI is InChI=1S/C7H8N4O4S/c8-1-2-10-16(14,15)6-3-9-11(4-6)5-7(12)13/h3-4,10H,2,5H2,(H,12,13). The number of rotatable bonds is 5. The first-order chi connectivity index (χ1) is 7.45. The monoisotopic (exact) mass is 244 g/mol. The van der Waals surface area contributed by atoms with Crippen LogP contribution in [-0.4, -0.2) is 35.8 Å². The van der Waals surface area contributed by atoms with Crippen LogP contribution in [0.25, 0.3) is 0 Å². The van der Waals surface area contributed by atoms with Crippen LogP contribution in [-0.2, 0) is 21.4 Å². The molecular weight excluding hydrogens is 236 g/mol. The fraction of sp³-hybridized carbons (Fsp3) is 0.286. The molecule has 0 fully saturated rings. The third-order valence-electron chi connectivity index (χ3n) is 1.56. The lowest BCUT2D eigenvalue weighted by molar-refractivity contribution is -0.137. The van der Waals surface area contributed by atoms with Gasteiger partial charge in [0, 0.05) is 6.20 Å². The van der Waals surface area contributed by atoms with Gasteiger partial charge in [0.25, 0.3) is 0 Å². The minimum atomic E-state index is -3.79. The number of sulfonamides is 1. The normalized spacial score (nSPS) is 10.9. The first-order valence-electron chi connectivity index (χ1n) is 4.06. The van der Waals surface area contributed by atoms with Crippen molar-refractivity contribution in [1.82, 2.24) is 14.5 Å². The predicted molar refractivity (Wildman–Crippen MR) is 50.7 cm³/mol. The van der Waals surface area contributed by atoms with Crippen LogP contribution in [0.3, 0.4) is 0 Å². The predicted octanol–water partition coefficient (Wildman–Crippen LogP) is -1.23. The molecule has 0 saturated heterocycles. The van der Waals surface area contributed by atoms with Gasteiger partial charge in [-0.2, -0.15) is 15.1 Å². The van der Waals surface area contributed by atoms with E-state index in [1.54, 1.807) is 6.07 Å². The molecule has 16 heavy (non-hydrogen) atoms. The van der Waals surface area contributed by atoms with E-state index in [-0.39, 0.29) is 11.4 Å². The molecule has 0 aliphatic heterocycles. The zero-order valence-electron chi connectivity index (χ0n) is 7.99. The molecule has 8 nitrogen and oxygen atoms in total. The molecule has 2 N–H and O–H groups in total. The first-order valence-corrected chi connectivity index (χ1v) is 5.55. The average Bonchev–Trinajstić information content (AvgIpc) is 2.63. The molecule has 1 aromatic heterocycles. The Morgan fingerprint density at radius 3 is 2.94 bits per heavy atom. The van der Waals surface area contributed by atoms with E-state index in [9.17, 15) is 13.2 Å². The van der Waals surface area contributed by atoms with Crippen molar-refractivity contribution in [3.8, 4) is 6.07 Å². The Labute approximate surface area is 91.2 Å². The number of aliphatic carboxylic acids is 1. The summed E-state index contributed by atoms with van der Waals surface area (Å²) in [5.74, 6) is -1.13. The number of nitrogens with one attached hydrogen (secondary N) is 1. The van der Waals surface area contributed by atoms with Crippen molar-refractivity contribution in [3.05, 3.63) is 12.4 Å². The number of nitriles is 1.